The van der Waals surface area contributed by atoms with Gasteiger partial charge in [0.05, 0.1) is 57.6 Å². The third-order valence-electron chi connectivity index (χ3n) is 9.04. The summed E-state index contributed by atoms with van der Waals surface area (Å²) in [4.78, 5) is 33.3. The van der Waals surface area contributed by atoms with E-state index < -0.39 is 39.2 Å². The van der Waals surface area contributed by atoms with Crippen molar-refractivity contribution in [2.24, 2.45) is 7.05 Å². The molecule has 7 rings (SSSR count). The first kappa shape index (κ1) is 35.1. The van der Waals surface area contributed by atoms with Gasteiger partial charge >= 0.3 is 0 Å². The molecule has 2 N–H and O–H groups in total. The molecule has 13 nitrogen and oxygen atoms in total. The fourth-order valence-corrected chi connectivity index (χ4v) is 7.24. The van der Waals surface area contributed by atoms with Gasteiger partial charge in [-0.3, -0.25) is 28.2 Å². The molecular weight excluding hydrogens is 718 g/mol. The van der Waals surface area contributed by atoms with Crippen LogP contribution in [0.1, 0.15) is 48.3 Å². The average molecular weight is 751 g/mol. The molecule has 17 heteroatoms. The van der Waals surface area contributed by atoms with E-state index in [1.165, 1.54) is 27.1 Å². The highest BCUT2D eigenvalue weighted by atomic mass is 35.5. The van der Waals surface area contributed by atoms with E-state index in [0.29, 0.717) is 11.7 Å². The molecule has 3 aromatic carbocycles. The molecule has 1 amide bonds. The third kappa shape index (κ3) is 6.95. The molecule has 3 aromatic heterocycles. The Hall–Kier alpha value is -5.35. The predicted molar refractivity (Wildman–Crippen MR) is 191 cm³/mol. The van der Waals surface area contributed by atoms with Gasteiger partial charge in [-0.05, 0) is 60.9 Å². The van der Waals surface area contributed by atoms with Gasteiger partial charge in [0, 0.05) is 37.7 Å². The van der Waals surface area contributed by atoms with Gasteiger partial charge in [0.25, 0.3) is 5.56 Å². The minimum atomic E-state index is -3.79. The molecule has 52 heavy (non-hydrogen) atoms. The number of sulfonamides is 1. The Morgan fingerprint density at radius 1 is 1.08 bits per heavy atom. The van der Waals surface area contributed by atoms with Crippen molar-refractivity contribution in [1.82, 2.24) is 34.4 Å². The number of hydrogen-bond donors (Lipinski definition) is 2. The number of rotatable bonds is 11. The van der Waals surface area contributed by atoms with Crippen LogP contribution in [-0.4, -0.2) is 56.8 Å². The van der Waals surface area contributed by atoms with Gasteiger partial charge in [0.15, 0.2) is 5.82 Å². The third-order valence-corrected chi connectivity index (χ3v) is 9.92. The van der Waals surface area contributed by atoms with Crippen molar-refractivity contribution in [3.63, 3.8) is 0 Å². The Labute approximate surface area is 301 Å². The van der Waals surface area contributed by atoms with E-state index in [2.05, 4.69) is 20.2 Å². The SMILES string of the molecule is COc1ccc2c(=O)n(-c3ccc(Cl)c4c(NS(C)(=O)=O)nn(C)c34)c([C@H](Cc3cc(F)cc(F)c3)NC(=O)Cn3ccc(C4CCC4)n3)nc2c1. The highest BCUT2D eigenvalue weighted by Crippen LogP contribution is 2.36. The number of aromatic nitrogens is 6. The van der Waals surface area contributed by atoms with Crippen LogP contribution in [0.2, 0.25) is 5.02 Å². The lowest BCUT2D eigenvalue weighted by atomic mass is 9.83. The predicted octanol–water partition coefficient (Wildman–Crippen LogP) is 5.15. The molecule has 3 heterocycles. The molecule has 270 valence electrons. The van der Waals surface area contributed by atoms with Crippen LogP contribution in [0.25, 0.3) is 27.5 Å². The molecule has 0 spiro atoms. The van der Waals surface area contributed by atoms with E-state index in [4.69, 9.17) is 21.3 Å². The van der Waals surface area contributed by atoms with Crippen molar-refractivity contribution in [3.8, 4) is 11.4 Å². The quantitative estimate of drug-likeness (QED) is 0.184. The number of aryl methyl sites for hydroxylation is 1. The van der Waals surface area contributed by atoms with E-state index in [-0.39, 0.29) is 62.7 Å². The monoisotopic (exact) mass is 750 g/mol. The summed E-state index contributed by atoms with van der Waals surface area (Å²) in [5.74, 6) is -1.46. The number of amides is 1. The van der Waals surface area contributed by atoms with Crippen LogP contribution >= 0.6 is 11.6 Å². The molecule has 0 aliphatic heterocycles. The fourth-order valence-electron chi connectivity index (χ4n) is 6.51. The molecule has 1 atom stereocenters. The number of fused-ring (bicyclic) bond motifs is 2. The first-order valence-corrected chi connectivity index (χ1v) is 18.6. The summed E-state index contributed by atoms with van der Waals surface area (Å²) in [7, 11) is -0.775. The first-order valence-electron chi connectivity index (χ1n) is 16.3. The van der Waals surface area contributed by atoms with Gasteiger partial charge in [-0.15, -0.1) is 0 Å². The molecule has 0 bridgehead atoms. The van der Waals surface area contributed by atoms with Crippen LogP contribution in [0, 0.1) is 11.6 Å². The van der Waals surface area contributed by atoms with Gasteiger partial charge in [0.2, 0.25) is 15.9 Å². The van der Waals surface area contributed by atoms with E-state index >= 15 is 0 Å². The summed E-state index contributed by atoms with van der Waals surface area (Å²) in [5, 5.41) is 12.4. The summed E-state index contributed by atoms with van der Waals surface area (Å²) in [5.41, 5.74) is 1.21. The van der Waals surface area contributed by atoms with Crippen LogP contribution < -0.4 is 20.3 Å². The molecule has 1 saturated carbocycles. The number of benzene rings is 3. The Morgan fingerprint density at radius 3 is 2.50 bits per heavy atom. The molecule has 1 aliphatic carbocycles. The van der Waals surface area contributed by atoms with Crippen LogP contribution in [-0.2, 0) is 34.8 Å². The summed E-state index contributed by atoms with van der Waals surface area (Å²) >= 11 is 6.61. The van der Waals surface area contributed by atoms with Crippen molar-refractivity contribution in [2.75, 3.05) is 18.1 Å². The lowest BCUT2D eigenvalue weighted by molar-refractivity contribution is -0.122. The second kappa shape index (κ2) is 13.7. The maximum atomic E-state index is 14.6. The van der Waals surface area contributed by atoms with Crippen LogP contribution in [0.5, 0.6) is 5.75 Å². The number of anilines is 1. The van der Waals surface area contributed by atoms with Crippen LogP contribution in [0.3, 0.4) is 0 Å². The molecule has 0 unspecified atom stereocenters. The second-order valence-corrected chi connectivity index (χ2v) is 15.0. The highest BCUT2D eigenvalue weighted by molar-refractivity contribution is 7.92. The summed E-state index contributed by atoms with van der Waals surface area (Å²) in [6, 6.07) is 11.5. The van der Waals surface area contributed by atoms with Crippen molar-refractivity contribution >= 4 is 55.2 Å². The maximum Gasteiger partial charge on any atom is 0.266 e. The van der Waals surface area contributed by atoms with Crippen LogP contribution in [0.15, 0.2) is 65.6 Å². The molecule has 1 aliphatic rings. The number of halogens is 3. The van der Waals surface area contributed by atoms with Crippen molar-refractivity contribution in [1.29, 1.82) is 0 Å². The molecular formula is C35H33ClF2N8O5S. The Morgan fingerprint density at radius 2 is 1.83 bits per heavy atom. The lowest BCUT2D eigenvalue weighted by Crippen LogP contribution is -2.37. The molecule has 6 aromatic rings. The van der Waals surface area contributed by atoms with Gasteiger partial charge < -0.3 is 10.1 Å². The smallest absolute Gasteiger partial charge is 0.266 e. The lowest BCUT2D eigenvalue weighted by Gasteiger charge is -2.24. The van der Waals surface area contributed by atoms with Crippen molar-refractivity contribution < 1.29 is 26.7 Å². The Bertz CT molecular complexity index is 2530. The Kier molecular flexibility index (Phi) is 9.21. The topological polar surface area (TPSA) is 155 Å². The largest absolute Gasteiger partial charge is 0.497 e. The number of carbonyl (C=O) groups is 1. The summed E-state index contributed by atoms with van der Waals surface area (Å²) in [6.45, 7) is -0.181. The number of ether oxygens (including phenoxy) is 1. The van der Waals surface area contributed by atoms with E-state index in [1.807, 2.05) is 6.07 Å². The van der Waals surface area contributed by atoms with Crippen LogP contribution in [0.4, 0.5) is 14.6 Å². The normalized spacial score (nSPS) is 14.0. The number of carbonyl (C=O) groups excluding carboxylic acids is 1. The van der Waals surface area contributed by atoms with Gasteiger partial charge in [-0.1, -0.05) is 18.0 Å². The number of nitrogens with one attached hydrogen (secondary N) is 2. The molecule has 0 radical (unpaired) electrons. The zero-order chi connectivity index (χ0) is 36.9. The van der Waals surface area contributed by atoms with Crippen molar-refractivity contribution in [2.45, 2.75) is 44.2 Å². The fraction of sp³-hybridized carbons (Fsp3) is 0.286. The summed E-state index contributed by atoms with van der Waals surface area (Å²) < 4.78 is 65.4. The minimum Gasteiger partial charge on any atom is -0.497 e. The first-order chi connectivity index (χ1) is 24.8. The molecule has 1 fully saturated rings. The number of nitrogens with zero attached hydrogens (tertiary/aromatic N) is 6. The minimum absolute atomic E-state index is 0.00170. The van der Waals surface area contributed by atoms with Gasteiger partial charge in [0.1, 0.15) is 29.8 Å². The summed E-state index contributed by atoms with van der Waals surface area (Å²) in [6.07, 6.45) is 5.70. The average Bonchev–Trinajstić information content (AvgIpc) is 3.62. The zero-order valence-corrected chi connectivity index (χ0v) is 29.8. The highest BCUT2D eigenvalue weighted by Gasteiger charge is 2.28. The van der Waals surface area contributed by atoms with Gasteiger partial charge in [-0.25, -0.2) is 22.2 Å². The standard InChI is InChI=1S/C35H33ClF2N8O5S/c1-44-32-29(10-9-25(36)31(32)33(42-44)43-52(3,49)50)46-34(40-27-17-23(51-2)7-8-24(27)35(46)48)28(15-19-13-21(37)16-22(38)14-19)39-30(47)18-45-12-11-26(41-45)20-5-4-6-20/h7-14,16-17,20,28H,4-6,15,18H2,1-3H3,(H,39,47)(H,42,43)/t28-/m0/s1. The maximum absolute atomic E-state index is 14.6. The second-order valence-electron chi connectivity index (χ2n) is 12.8. The number of hydrogen-bond acceptors (Lipinski definition) is 8. The van der Waals surface area contributed by atoms with Crippen molar-refractivity contribution in [3.05, 3.63) is 105 Å². The van der Waals surface area contributed by atoms with E-state index in [0.717, 1.165) is 49.4 Å². The van der Waals surface area contributed by atoms with E-state index in [9.17, 15) is 26.8 Å². The Balaban J connectivity index is 1.43. The number of methoxy groups -OCH3 is 1. The van der Waals surface area contributed by atoms with Gasteiger partial charge in [-0.2, -0.15) is 10.2 Å². The zero-order valence-electron chi connectivity index (χ0n) is 28.2. The van der Waals surface area contributed by atoms with E-state index in [1.54, 1.807) is 37.5 Å². The molecule has 0 saturated heterocycles.